The van der Waals surface area contributed by atoms with Gasteiger partial charge in [-0.2, -0.15) is 0 Å². The predicted molar refractivity (Wildman–Crippen MR) is 45.3 cm³/mol. The second-order valence-electron chi connectivity index (χ2n) is 2.61. The summed E-state index contributed by atoms with van der Waals surface area (Å²) in [4.78, 5) is 0. The van der Waals surface area contributed by atoms with E-state index in [0.29, 0.717) is 6.61 Å². The number of rotatable bonds is 6. The number of aliphatic hydroxyl groups is 1. The third-order valence-corrected chi connectivity index (χ3v) is 1.18. The molecule has 3 heteroatoms. The molecule has 0 saturated carbocycles. The second kappa shape index (κ2) is 5.29. The lowest BCUT2D eigenvalue weighted by molar-refractivity contribution is -0.0489. The SMILES string of the molecule is C=CCOCC(C)(O)NCC. The molecule has 0 heterocycles. The molecule has 2 N–H and O–H groups in total. The van der Waals surface area contributed by atoms with E-state index < -0.39 is 5.72 Å². The molecule has 0 rings (SSSR count). The van der Waals surface area contributed by atoms with Gasteiger partial charge in [-0.15, -0.1) is 6.58 Å². The molecule has 0 aromatic heterocycles. The molecule has 0 saturated heterocycles. The predicted octanol–water partition coefficient (Wildman–Crippen LogP) is 0.507. The van der Waals surface area contributed by atoms with Crippen LogP contribution >= 0.6 is 0 Å². The first-order valence-electron chi connectivity index (χ1n) is 3.78. The van der Waals surface area contributed by atoms with Crippen molar-refractivity contribution in [3.63, 3.8) is 0 Å². The molecular weight excluding hydrogens is 142 g/mol. The summed E-state index contributed by atoms with van der Waals surface area (Å²) in [6.45, 7) is 8.60. The van der Waals surface area contributed by atoms with Crippen LogP contribution in [-0.2, 0) is 4.74 Å². The Morgan fingerprint density at radius 2 is 2.36 bits per heavy atom. The van der Waals surface area contributed by atoms with Crippen molar-refractivity contribution in [3.8, 4) is 0 Å². The van der Waals surface area contributed by atoms with Crippen LogP contribution in [0.3, 0.4) is 0 Å². The van der Waals surface area contributed by atoms with Gasteiger partial charge in [0.05, 0.1) is 13.2 Å². The van der Waals surface area contributed by atoms with E-state index in [1.54, 1.807) is 13.0 Å². The first-order chi connectivity index (χ1) is 5.12. The number of nitrogens with one attached hydrogen (secondary N) is 1. The Hall–Kier alpha value is -0.380. The average molecular weight is 159 g/mol. The quantitative estimate of drug-likeness (QED) is 0.337. The highest BCUT2D eigenvalue weighted by Crippen LogP contribution is 1.97. The van der Waals surface area contributed by atoms with Crippen LogP contribution < -0.4 is 5.32 Å². The van der Waals surface area contributed by atoms with Crippen LogP contribution in [0.5, 0.6) is 0 Å². The number of likely N-dealkylation sites (N-methyl/N-ethyl adjacent to an activating group) is 1. The highest BCUT2D eigenvalue weighted by atomic mass is 16.5. The van der Waals surface area contributed by atoms with Gasteiger partial charge in [-0.3, -0.25) is 5.32 Å². The van der Waals surface area contributed by atoms with Crippen molar-refractivity contribution in [3.05, 3.63) is 12.7 Å². The summed E-state index contributed by atoms with van der Waals surface area (Å²) < 4.78 is 5.07. The van der Waals surface area contributed by atoms with Crippen LogP contribution in [0.25, 0.3) is 0 Å². The summed E-state index contributed by atoms with van der Waals surface area (Å²) in [5.74, 6) is 0. The Balaban J connectivity index is 3.45. The summed E-state index contributed by atoms with van der Waals surface area (Å²) in [6, 6.07) is 0. The van der Waals surface area contributed by atoms with Crippen molar-refractivity contribution in [2.24, 2.45) is 0 Å². The zero-order chi connectivity index (χ0) is 8.74. The third kappa shape index (κ3) is 6.04. The first-order valence-corrected chi connectivity index (χ1v) is 3.78. The third-order valence-electron chi connectivity index (χ3n) is 1.18. The van der Waals surface area contributed by atoms with E-state index in [0.717, 1.165) is 6.54 Å². The minimum Gasteiger partial charge on any atom is -0.374 e. The fraction of sp³-hybridized carbons (Fsp3) is 0.750. The van der Waals surface area contributed by atoms with Gasteiger partial charge in [0.25, 0.3) is 0 Å². The maximum Gasteiger partial charge on any atom is 0.136 e. The van der Waals surface area contributed by atoms with Crippen LogP contribution in [0.4, 0.5) is 0 Å². The summed E-state index contributed by atoms with van der Waals surface area (Å²) in [5, 5.41) is 12.3. The van der Waals surface area contributed by atoms with Gasteiger partial charge in [0.2, 0.25) is 0 Å². The summed E-state index contributed by atoms with van der Waals surface area (Å²) in [7, 11) is 0. The summed E-state index contributed by atoms with van der Waals surface area (Å²) in [5.41, 5.74) is -0.919. The molecule has 0 aromatic rings. The van der Waals surface area contributed by atoms with Gasteiger partial charge in [-0.25, -0.2) is 0 Å². The monoisotopic (exact) mass is 159 g/mol. The topological polar surface area (TPSA) is 41.5 Å². The largest absolute Gasteiger partial charge is 0.374 e. The Kier molecular flexibility index (Phi) is 5.11. The Bertz CT molecular complexity index is 113. The van der Waals surface area contributed by atoms with E-state index in [9.17, 15) is 5.11 Å². The summed E-state index contributed by atoms with van der Waals surface area (Å²) in [6.07, 6.45) is 1.65. The van der Waals surface area contributed by atoms with Gasteiger partial charge in [-0.1, -0.05) is 13.0 Å². The molecule has 3 nitrogen and oxygen atoms in total. The molecule has 0 aliphatic heterocycles. The van der Waals surface area contributed by atoms with Crippen molar-refractivity contribution in [1.82, 2.24) is 5.32 Å². The van der Waals surface area contributed by atoms with E-state index in [4.69, 9.17) is 4.74 Å². The Morgan fingerprint density at radius 3 is 2.82 bits per heavy atom. The molecular formula is C8H17NO2. The van der Waals surface area contributed by atoms with E-state index >= 15 is 0 Å². The minimum absolute atomic E-state index is 0.285. The maximum absolute atomic E-state index is 9.47. The van der Waals surface area contributed by atoms with Gasteiger partial charge in [0, 0.05) is 0 Å². The maximum atomic E-state index is 9.47. The van der Waals surface area contributed by atoms with Crippen molar-refractivity contribution < 1.29 is 9.84 Å². The molecule has 1 unspecified atom stereocenters. The number of hydrogen-bond acceptors (Lipinski definition) is 3. The van der Waals surface area contributed by atoms with Crippen LogP contribution in [0.2, 0.25) is 0 Å². The molecule has 0 fully saturated rings. The molecule has 0 aromatic carbocycles. The van der Waals surface area contributed by atoms with Gasteiger partial charge >= 0.3 is 0 Å². The lowest BCUT2D eigenvalue weighted by Gasteiger charge is -2.23. The smallest absolute Gasteiger partial charge is 0.136 e. The van der Waals surface area contributed by atoms with Gasteiger partial charge in [0.1, 0.15) is 5.72 Å². The van der Waals surface area contributed by atoms with Crippen molar-refractivity contribution in [1.29, 1.82) is 0 Å². The van der Waals surface area contributed by atoms with E-state index in [-0.39, 0.29) is 6.61 Å². The Labute approximate surface area is 68.1 Å². The molecule has 0 aliphatic carbocycles. The Morgan fingerprint density at radius 1 is 1.73 bits per heavy atom. The first kappa shape index (κ1) is 10.6. The normalized spacial score (nSPS) is 15.9. The van der Waals surface area contributed by atoms with Crippen molar-refractivity contribution in [2.45, 2.75) is 19.6 Å². The second-order valence-corrected chi connectivity index (χ2v) is 2.61. The van der Waals surface area contributed by atoms with Crippen LogP contribution in [-0.4, -0.2) is 30.6 Å². The van der Waals surface area contributed by atoms with Crippen LogP contribution in [0, 0.1) is 0 Å². The fourth-order valence-electron chi connectivity index (χ4n) is 0.773. The molecule has 0 radical (unpaired) electrons. The van der Waals surface area contributed by atoms with Gasteiger partial charge < -0.3 is 9.84 Å². The molecule has 66 valence electrons. The molecule has 0 spiro atoms. The lowest BCUT2D eigenvalue weighted by Crippen LogP contribution is -2.46. The van der Waals surface area contributed by atoms with E-state index in [1.165, 1.54) is 0 Å². The van der Waals surface area contributed by atoms with Gasteiger partial charge in [0.15, 0.2) is 0 Å². The van der Waals surface area contributed by atoms with Crippen molar-refractivity contribution >= 4 is 0 Å². The molecule has 11 heavy (non-hydrogen) atoms. The highest BCUT2D eigenvalue weighted by molar-refractivity contribution is 4.70. The average Bonchev–Trinajstić information content (AvgIpc) is 1.87. The molecule has 0 aliphatic rings. The van der Waals surface area contributed by atoms with E-state index in [2.05, 4.69) is 11.9 Å². The number of hydrogen-bond donors (Lipinski definition) is 2. The fourth-order valence-corrected chi connectivity index (χ4v) is 0.773. The minimum atomic E-state index is -0.919. The summed E-state index contributed by atoms with van der Waals surface area (Å²) >= 11 is 0. The highest BCUT2D eigenvalue weighted by Gasteiger charge is 2.17. The molecule has 1 atom stereocenters. The zero-order valence-electron chi connectivity index (χ0n) is 7.26. The van der Waals surface area contributed by atoms with Crippen molar-refractivity contribution in [2.75, 3.05) is 19.8 Å². The van der Waals surface area contributed by atoms with Crippen LogP contribution in [0.1, 0.15) is 13.8 Å². The van der Waals surface area contributed by atoms with Gasteiger partial charge in [-0.05, 0) is 13.5 Å². The lowest BCUT2D eigenvalue weighted by atomic mass is 10.3. The molecule has 0 bridgehead atoms. The number of ether oxygens (including phenoxy) is 1. The molecule has 0 amide bonds. The van der Waals surface area contributed by atoms with E-state index in [1.807, 2.05) is 6.92 Å². The standard InChI is InChI=1S/C8H17NO2/c1-4-6-11-7-8(3,10)9-5-2/h4,9-10H,1,5-7H2,2-3H3. The zero-order valence-corrected chi connectivity index (χ0v) is 7.26. The van der Waals surface area contributed by atoms with Crippen LogP contribution in [0.15, 0.2) is 12.7 Å².